The van der Waals surface area contributed by atoms with Crippen molar-refractivity contribution in [3.63, 3.8) is 0 Å². The van der Waals surface area contributed by atoms with E-state index in [0.29, 0.717) is 12.3 Å². The van der Waals surface area contributed by atoms with Gasteiger partial charge in [0.25, 0.3) is 0 Å². The first-order chi connectivity index (χ1) is 8.22. The normalized spacial score (nSPS) is 10.2. The minimum absolute atomic E-state index is 0.0826. The number of likely N-dealkylation sites (N-methyl/N-ethyl adjacent to an activating group) is 1. The molecular weight excluding hydrogens is 256 g/mol. The van der Waals surface area contributed by atoms with E-state index < -0.39 is 0 Å². The van der Waals surface area contributed by atoms with Crippen LogP contribution in [-0.2, 0) is 10.5 Å². The molecule has 0 fully saturated rings. The summed E-state index contributed by atoms with van der Waals surface area (Å²) in [5, 5.41) is 6.55. The van der Waals surface area contributed by atoms with Crippen LogP contribution >= 0.6 is 23.4 Å². The fraction of sp³-hybridized carbons (Fsp3) is 0.417. The van der Waals surface area contributed by atoms with Crippen LogP contribution in [0, 0.1) is 0 Å². The molecule has 0 aliphatic heterocycles. The minimum Gasteiger partial charge on any atom is -0.354 e. The van der Waals surface area contributed by atoms with Gasteiger partial charge in [-0.3, -0.25) is 4.79 Å². The van der Waals surface area contributed by atoms with E-state index in [-0.39, 0.29) is 5.91 Å². The number of hydrogen-bond donors (Lipinski definition) is 2. The predicted molar refractivity (Wildman–Crippen MR) is 74.6 cm³/mol. The molecule has 0 saturated carbocycles. The fourth-order valence-electron chi connectivity index (χ4n) is 1.22. The summed E-state index contributed by atoms with van der Waals surface area (Å²) < 4.78 is 0. The Balaban J connectivity index is 2.14. The van der Waals surface area contributed by atoms with E-state index in [2.05, 4.69) is 10.6 Å². The molecule has 0 aliphatic carbocycles. The van der Waals surface area contributed by atoms with Gasteiger partial charge in [-0.25, -0.2) is 0 Å². The van der Waals surface area contributed by atoms with Crippen LogP contribution in [0.2, 0.25) is 5.02 Å². The lowest BCUT2D eigenvalue weighted by Crippen LogP contribution is -2.31. The third-order valence-electron chi connectivity index (χ3n) is 2.11. The lowest BCUT2D eigenvalue weighted by molar-refractivity contribution is -0.118. The lowest BCUT2D eigenvalue weighted by Gasteiger charge is -2.04. The highest BCUT2D eigenvalue weighted by molar-refractivity contribution is 7.99. The van der Waals surface area contributed by atoms with Crippen molar-refractivity contribution in [1.82, 2.24) is 10.6 Å². The topological polar surface area (TPSA) is 41.1 Å². The molecule has 1 aromatic rings. The molecular formula is C12H17ClN2OS. The van der Waals surface area contributed by atoms with Gasteiger partial charge in [0.2, 0.25) is 5.91 Å². The van der Waals surface area contributed by atoms with Crippen LogP contribution in [0.3, 0.4) is 0 Å². The number of benzene rings is 1. The highest BCUT2D eigenvalue weighted by Gasteiger charge is 2.01. The molecule has 0 atom stereocenters. The second kappa shape index (κ2) is 8.39. The molecule has 17 heavy (non-hydrogen) atoms. The number of carbonyl (C=O) groups excluding carboxylic acids is 1. The second-order valence-corrected chi connectivity index (χ2v) is 4.99. The first-order valence-corrected chi connectivity index (χ1v) is 6.99. The first kappa shape index (κ1) is 14.4. The summed E-state index contributed by atoms with van der Waals surface area (Å²) in [6, 6.07) is 7.69. The zero-order valence-electron chi connectivity index (χ0n) is 9.83. The van der Waals surface area contributed by atoms with Crippen LogP contribution in [0.4, 0.5) is 0 Å². The first-order valence-electron chi connectivity index (χ1n) is 5.46. The molecule has 0 spiro atoms. The number of rotatable bonds is 7. The van der Waals surface area contributed by atoms with E-state index in [1.165, 1.54) is 5.56 Å². The molecule has 5 heteroatoms. The molecule has 0 unspecified atom stereocenters. The van der Waals surface area contributed by atoms with Gasteiger partial charge in [0.05, 0.1) is 5.75 Å². The van der Waals surface area contributed by atoms with Crippen molar-refractivity contribution in [1.29, 1.82) is 0 Å². The van der Waals surface area contributed by atoms with Gasteiger partial charge in [-0.1, -0.05) is 23.7 Å². The van der Waals surface area contributed by atoms with E-state index in [4.69, 9.17) is 11.6 Å². The molecule has 0 saturated heterocycles. The average Bonchev–Trinajstić information content (AvgIpc) is 2.32. The maximum absolute atomic E-state index is 11.4. The second-order valence-electron chi connectivity index (χ2n) is 3.57. The largest absolute Gasteiger partial charge is 0.354 e. The monoisotopic (exact) mass is 272 g/mol. The predicted octanol–water partition coefficient (Wildman–Crippen LogP) is 1.91. The van der Waals surface area contributed by atoms with Gasteiger partial charge < -0.3 is 10.6 Å². The molecule has 0 heterocycles. The Morgan fingerprint density at radius 1 is 1.29 bits per heavy atom. The van der Waals surface area contributed by atoms with Gasteiger partial charge in [0, 0.05) is 23.9 Å². The Bertz CT molecular complexity index is 343. The van der Waals surface area contributed by atoms with Gasteiger partial charge in [0.15, 0.2) is 0 Å². The molecule has 1 rings (SSSR count). The number of thioether (sulfide) groups is 1. The van der Waals surface area contributed by atoms with E-state index in [1.807, 2.05) is 31.3 Å². The Morgan fingerprint density at radius 3 is 2.65 bits per heavy atom. The van der Waals surface area contributed by atoms with Gasteiger partial charge in [0.1, 0.15) is 0 Å². The van der Waals surface area contributed by atoms with Crippen molar-refractivity contribution in [2.24, 2.45) is 0 Å². The van der Waals surface area contributed by atoms with Crippen molar-refractivity contribution < 1.29 is 4.79 Å². The summed E-state index contributed by atoms with van der Waals surface area (Å²) in [4.78, 5) is 11.4. The molecule has 0 bridgehead atoms. The van der Waals surface area contributed by atoms with Gasteiger partial charge in [-0.05, 0) is 24.7 Å². The quantitative estimate of drug-likeness (QED) is 0.745. The summed E-state index contributed by atoms with van der Waals surface area (Å²) >= 11 is 7.39. The average molecular weight is 273 g/mol. The molecule has 94 valence electrons. The van der Waals surface area contributed by atoms with Crippen LogP contribution in [0.1, 0.15) is 5.56 Å². The highest BCUT2D eigenvalue weighted by Crippen LogP contribution is 2.15. The number of carbonyl (C=O) groups is 1. The molecule has 1 amide bonds. The summed E-state index contributed by atoms with van der Waals surface area (Å²) in [6.45, 7) is 1.48. The standard InChI is InChI=1S/C12H17ClN2OS/c1-14-6-7-15-12(16)9-17-8-10-2-4-11(13)5-3-10/h2-5,14H,6-9H2,1H3,(H,15,16). The number of halogens is 1. The third kappa shape index (κ3) is 6.56. The highest BCUT2D eigenvalue weighted by atomic mass is 35.5. The molecule has 3 nitrogen and oxygen atoms in total. The van der Waals surface area contributed by atoms with Gasteiger partial charge >= 0.3 is 0 Å². The SMILES string of the molecule is CNCCNC(=O)CSCc1ccc(Cl)cc1. The van der Waals surface area contributed by atoms with E-state index in [0.717, 1.165) is 17.3 Å². The maximum atomic E-state index is 11.4. The molecule has 0 aliphatic rings. The Morgan fingerprint density at radius 2 is 2.00 bits per heavy atom. The van der Waals surface area contributed by atoms with Crippen molar-refractivity contribution in [2.45, 2.75) is 5.75 Å². The van der Waals surface area contributed by atoms with E-state index in [1.54, 1.807) is 11.8 Å². The number of hydrogen-bond acceptors (Lipinski definition) is 3. The Labute approximate surface area is 111 Å². The molecule has 2 N–H and O–H groups in total. The molecule has 0 aromatic heterocycles. The van der Waals surface area contributed by atoms with Crippen molar-refractivity contribution in [2.75, 3.05) is 25.9 Å². The van der Waals surface area contributed by atoms with Crippen LogP contribution in [-0.4, -0.2) is 31.8 Å². The summed E-state index contributed by atoms with van der Waals surface area (Å²) in [5.74, 6) is 1.40. The summed E-state index contributed by atoms with van der Waals surface area (Å²) in [6.07, 6.45) is 0. The number of amides is 1. The van der Waals surface area contributed by atoms with Crippen molar-refractivity contribution in [3.8, 4) is 0 Å². The third-order valence-corrected chi connectivity index (χ3v) is 3.37. The zero-order chi connectivity index (χ0) is 12.5. The molecule has 1 aromatic carbocycles. The van der Waals surface area contributed by atoms with E-state index in [9.17, 15) is 4.79 Å². The van der Waals surface area contributed by atoms with Crippen molar-refractivity contribution in [3.05, 3.63) is 34.9 Å². The minimum atomic E-state index is 0.0826. The Kier molecular flexibility index (Phi) is 7.08. The van der Waals surface area contributed by atoms with Crippen LogP contribution in [0.5, 0.6) is 0 Å². The van der Waals surface area contributed by atoms with Crippen LogP contribution in [0.25, 0.3) is 0 Å². The summed E-state index contributed by atoms with van der Waals surface area (Å²) in [7, 11) is 1.86. The van der Waals surface area contributed by atoms with Gasteiger partial charge in [-0.2, -0.15) is 0 Å². The fourth-order valence-corrected chi connectivity index (χ4v) is 2.16. The van der Waals surface area contributed by atoms with Crippen LogP contribution < -0.4 is 10.6 Å². The van der Waals surface area contributed by atoms with Gasteiger partial charge in [-0.15, -0.1) is 11.8 Å². The maximum Gasteiger partial charge on any atom is 0.230 e. The smallest absolute Gasteiger partial charge is 0.230 e. The molecule has 0 radical (unpaired) electrons. The Hall–Kier alpha value is -0.710. The lowest BCUT2D eigenvalue weighted by atomic mass is 10.2. The zero-order valence-corrected chi connectivity index (χ0v) is 11.4. The number of nitrogens with one attached hydrogen (secondary N) is 2. The van der Waals surface area contributed by atoms with Crippen LogP contribution in [0.15, 0.2) is 24.3 Å². The van der Waals surface area contributed by atoms with Crippen molar-refractivity contribution >= 4 is 29.3 Å². The van der Waals surface area contributed by atoms with E-state index >= 15 is 0 Å². The summed E-state index contributed by atoms with van der Waals surface area (Å²) in [5.41, 5.74) is 1.18.